The maximum Gasteiger partial charge on any atom is 0.252 e. The van der Waals surface area contributed by atoms with Gasteiger partial charge in [0.1, 0.15) is 0 Å². The number of alkyl halides is 2. The number of imide groups is 1. The highest BCUT2D eigenvalue weighted by atomic mass is 79.9. The summed E-state index contributed by atoms with van der Waals surface area (Å²) in [6, 6.07) is 9.36. The molecule has 3 aliphatic rings. The third-order valence-corrected chi connectivity index (χ3v) is 8.21. The van der Waals surface area contributed by atoms with Crippen LogP contribution in [0.15, 0.2) is 30.3 Å². The molecule has 0 radical (unpaired) electrons. The third-order valence-electron chi connectivity index (χ3n) is 5.00. The number of carbonyl (C=O) groups is 2. The number of nitrogens with zero attached hydrogens (tertiary/aromatic N) is 1. The van der Waals surface area contributed by atoms with Gasteiger partial charge in [0.15, 0.2) is 0 Å². The number of nitrogens with one attached hydrogen (secondary N) is 1. The van der Waals surface area contributed by atoms with Crippen LogP contribution in [-0.4, -0.2) is 26.5 Å². The minimum atomic E-state index is -0.170. The van der Waals surface area contributed by atoms with Crippen LogP contribution in [-0.2, 0) is 9.59 Å². The van der Waals surface area contributed by atoms with E-state index in [2.05, 4.69) is 37.3 Å². The van der Waals surface area contributed by atoms with Gasteiger partial charge in [-0.2, -0.15) is 5.01 Å². The van der Waals surface area contributed by atoms with Crippen LogP contribution in [0, 0.1) is 23.7 Å². The minimum Gasteiger partial charge on any atom is -0.289 e. The Bertz CT molecular complexity index is 577. The molecule has 110 valence electrons. The SMILES string of the molecule is O=C1[C@H]2[C@@H]3C[C@@H]([C@H](Br)[C@@H]3Br)[C@@H]2C(=O)N1Nc1ccccc1. The molecule has 1 N–H and O–H groups in total. The molecule has 2 amide bonds. The molecule has 1 saturated heterocycles. The number of hydrogen-bond acceptors (Lipinski definition) is 3. The van der Waals surface area contributed by atoms with Gasteiger partial charge in [-0.15, -0.1) is 0 Å². The number of halogens is 2. The molecule has 0 spiro atoms. The molecule has 2 bridgehead atoms. The number of rotatable bonds is 2. The highest BCUT2D eigenvalue weighted by Gasteiger charge is 2.66. The first-order valence-electron chi connectivity index (χ1n) is 7.07. The van der Waals surface area contributed by atoms with Gasteiger partial charge in [-0.1, -0.05) is 50.1 Å². The summed E-state index contributed by atoms with van der Waals surface area (Å²) >= 11 is 7.36. The topological polar surface area (TPSA) is 49.4 Å². The van der Waals surface area contributed by atoms with Crippen molar-refractivity contribution in [3.63, 3.8) is 0 Å². The van der Waals surface area contributed by atoms with E-state index in [9.17, 15) is 9.59 Å². The second-order valence-corrected chi connectivity index (χ2v) is 8.11. The number of para-hydroxylation sites is 1. The third kappa shape index (κ3) is 1.84. The van der Waals surface area contributed by atoms with E-state index in [0.717, 1.165) is 12.1 Å². The minimum absolute atomic E-state index is 0.0785. The first-order chi connectivity index (χ1) is 10.1. The van der Waals surface area contributed by atoms with E-state index in [0.29, 0.717) is 0 Å². The van der Waals surface area contributed by atoms with E-state index in [1.54, 1.807) is 0 Å². The zero-order valence-corrected chi connectivity index (χ0v) is 14.2. The van der Waals surface area contributed by atoms with Crippen molar-refractivity contribution in [1.82, 2.24) is 5.01 Å². The highest BCUT2D eigenvalue weighted by molar-refractivity contribution is 9.12. The Hall–Kier alpha value is -0.880. The summed E-state index contributed by atoms with van der Waals surface area (Å²) in [7, 11) is 0. The van der Waals surface area contributed by atoms with Crippen molar-refractivity contribution in [2.45, 2.75) is 16.1 Å². The Morgan fingerprint density at radius 3 is 2.00 bits per heavy atom. The molecule has 21 heavy (non-hydrogen) atoms. The van der Waals surface area contributed by atoms with Crippen LogP contribution in [0.4, 0.5) is 5.69 Å². The molecule has 1 heterocycles. The first-order valence-corrected chi connectivity index (χ1v) is 8.90. The Labute approximate surface area is 139 Å². The fourth-order valence-corrected chi connectivity index (χ4v) is 5.97. The van der Waals surface area contributed by atoms with Crippen LogP contribution in [0.25, 0.3) is 0 Å². The highest BCUT2D eigenvalue weighted by Crippen LogP contribution is 2.60. The lowest BCUT2D eigenvalue weighted by Crippen LogP contribution is -2.38. The molecule has 4 nitrogen and oxygen atoms in total. The smallest absolute Gasteiger partial charge is 0.252 e. The summed E-state index contributed by atoms with van der Waals surface area (Å²) in [6.45, 7) is 0. The van der Waals surface area contributed by atoms with Crippen molar-refractivity contribution in [3.05, 3.63) is 30.3 Å². The Kier molecular flexibility index (Phi) is 3.15. The predicted molar refractivity (Wildman–Crippen MR) is 85.9 cm³/mol. The fraction of sp³-hybridized carbons (Fsp3) is 0.467. The van der Waals surface area contributed by atoms with E-state index in [1.165, 1.54) is 5.01 Å². The molecule has 4 rings (SSSR count). The maximum absolute atomic E-state index is 12.7. The summed E-state index contributed by atoms with van der Waals surface area (Å²) in [5, 5.41) is 1.23. The molecule has 3 fully saturated rings. The molecule has 2 aliphatic carbocycles. The molecule has 6 heteroatoms. The van der Waals surface area contributed by atoms with Crippen molar-refractivity contribution in [2.75, 3.05) is 5.43 Å². The first kappa shape index (κ1) is 13.8. The maximum atomic E-state index is 12.7. The van der Waals surface area contributed by atoms with Crippen molar-refractivity contribution in [2.24, 2.45) is 23.7 Å². The van der Waals surface area contributed by atoms with Gasteiger partial charge >= 0.3 is 0 Å². The molecule has 1 aromatic rings. The summed E-state index contributed by atoms with van der Waals surface area (Å²) in [5.74, 6) is 0.0102. The van der Waals surface area contributed by atoms with E-state index >= 15 is 0 Å². The molecule has 6 atom stereocenters. The van der Waals surface area contributed by atoms with Gasteiger partial charge in [-0.05, 0) is 30.4 Å². The number of anilines is 1. The van der Waals surface area contributed by atoms with Crippen LogP contribution < -0.4 is 5.43 Å². The van der Waals surface area contributed by atoms with Crippen LogP contribution >= 0.6 is 31.9 Å². The fourth-order valence-electron chi connectivity index (χ4n) is 4.10. The van der Waals surface area contributed by atoms with Crippen molar-refractivity contribution in [3.8, 4) is 0 Å². The van der Waals surface area contributed by atoms with Crippen molar-refractivity contribution < 1.29 is 9.59 Å². The van der Waals surface area contributed by atoms with Gasteiger partial charge in [-0.3, -0.25) is 15.0 Å². The quantitative estimate of drug-likeness (QED) is 0.599. The van der Waals surface area contributed by atoms with Crippen molar-refractivity contribution >= 4 is 49.4 Å². The molecular formula is C15H14Br2N2O2. The van der Waals surface area contributed by atoms with E-state index in [4.69, 9.17) is 0 Å². The Balaban J connectivity index is 1.62. The number of hydrogen-bond donors (Lipinski definition) is 1. The zero-order valence-electron chi connectivity index (χ0n) is 11.1. The Morgan fingerprint density at radius 1 is 0.952 bits per heavy atom. The average Bonchev–Trinajstić information content (AvgIpc) is 3.09. The predicted octanol–water partition coefficient (Wildman–Crippen LogP) is 2.79. The summed E-state index contributed by atoms with van der Waals surface area (Å²) in [5.41, 5.74) is 3.73. The van der Waals surface area contributed by atoms with Gasteiger partial charge in [0, 0.05) is 9.65 Å². The number of fused-ring (bicyclic) bond motifs is 5. The van der Waals surface area contributed by atoms with Gasteiger partial charge in [-0.25, -0.2) is 0 Å². The lowest BCUT2D eigenvalue weighted by molar-refractivity contribution is -0.139. The van der Waals surface area contributed by atoms with Crippen molar-refractivity contribution in [1.29, 1.82) is 0 Å². The number of amides is 2. The lowest BCUT2D eigenvalue weighted by Gasteiger charge is -2.28. The second kappa shape index (κ2) is 4.81. The van der Waals surface area contributed by atoms with Crippen LogP contribution in [0.1, 0.15) is 6.42 Å². The molecule has 0 aromatic heterocycles. The number of carbonyl (C=O) groups excluding carboxylic acids is 2. The summed E-state index contributed by atoms with van der Waals surface area (Å²) < 4.78 is 0. The van der Waals surface area contributed by atoms with Crippen LogP contribution in [0.5, 0.6) is 0 Å². The molecule has 1 aliphatic heterocycles. The molecule has 0 unspecified atom stereocenters. The van der Waals surface area contributed by atoms with Gasteiger partial charge in [0.25, 0.3) is 11.8 Å². The molecule has 2 saturated carbocycles. The van der Waals surface area contributed by atoms with Crippen LogP contribution in [0.2, 0.25) is 0 Å². The standard InChI is InChI=1S/C15H14Br2N2O2/c16-12-8-6-9(13(12)17)11-10(8)14(20)19(15(11)21)18-7-4-2-1-3-5-7/h1-5,8-13,18H,6H2/t8-,9+,10-,11-,12+,13-/m0/s1. The normalized spacial score (nSPS) is 40.8. The molecular weight excluding hydrogens is 400 g/mol. The number of benzene rings is 1. The number of hydrazine groups is 1. The van der Waals surface area contributed by atoms with Gasteiger partial charge < -0.3 is 0 Å². The van der Waals surface area contributed by atoms with E-state index < -0.39 is 0 Å². The van der Waals surface area contributed by atoms with Gasteiger partial charge in [0.05, 0.1) is 17.5 Å². The van der Waals surface area contributed by atoms with Gasteiger partial charge in [0.2, 0.25) is 0 Å². The van der Waals surface area contributed by atoms with Crippen LogP contribution in [0.3, 0.4) is 0 Å². The monoisotopic (exact) mass is 412 g/mol. The second-order valence-electron chi connectivity index (χ2n) is 5.99. The summed E-state index contributed by atoms with van der Waals surface area (Å²) in [6.07, 6.45) is 0.956. The molecule has 1 aromatic carbocycles. The van der Waals surface area contributed by atoms with E-state index in [-0.39, 0.29) is 45.1 Å². The summed E-state index contributed by atoms with van der Waals surface area (Å²) in [4.78, 5) is 25.9. The largest absolute Gasteiger partial charge is 0.289 e. The Morgan fingerprint density at radius 2 is 1.48 bits per heavy atom. The lowest BCUT2D eigenvalue weighted by atomic mass is 9.81. The zero-order chi connectivity index (χ0) is 14.7. The van der Waals surface area contributed by atoms with E-state index in [1.807, 2.05) is 30.3 Å². The average molecular weight is 414 g/mol.